The Morgan fingerprint density at radius 2 is 1.57 bits per heavy atom. The van der Waals surface area contributed by atoms with Crippen LogP contribution in [-0.4, -0.2) is 62.6 Å². The van der Waals surface area contributed by atoms with Crippen LogP contribution < -0.4 is 10.4 Å². The maximum absolute atomic E-state index is 6.26. The zero-order valence-electron chi connectivity index (χ0n) is 18.6. The Labute approximate surface area is 177 Å². The first-order valence-electron chi connectivity index (χ1n) is 10.0. The predicted octanol–water partition coefficient (Wildman–Crippen LogP) is 3.08. The summed E-state index contributed by atoms with van der Waals surface area (Å²) in [6.07, 6.45) is 0.479. The van der Waals surface area contributed by atoms with Gasteiger partial charge in [0.2, 0.25) is 0 Å². The lowest BCUT2D eigenvalue weighted by molar-refractivity contribution is -0.00528. The molecule has 0 spiro atoms. The van der Waals surface area contributed by atoms with Crippen LogP contribution in [0.4, 0.5) is 5.69 Å². The molecule has 0 bridgehead atoms. The normalized spacial score (nSPS) is 26.5. The highest BCUT2D eigenvalue weighted by atomic mass is 35.5. The van der Waals surface area contributed by atoms with Crippen LogP contribution in [0.5, 0.6) is 0 Å². The van der Waals surface area contributed by atoms with Crippen LogP contribution in [0.25, 0.3) is 0 Å². The van der Waals surface area contributed by atoms with Crippen molar-refractivity contribution in [2.45, 2.75) is 71.5 Å². The number of rotatable bonds is 4. The monoisotopic (exact) mass is 410 g/mol. The molecule has 2 aliphatic heterocycles. The highest BCUT2D eigenvalue weighted by Gasteiger charge is 2.51. The zero-order chi connectivity index (χ0) is 20.0. The van der Waals surface area contributed by atoms with Crippen molar-refractivity contribution >= 4 is 30.7 Å². The van der Waals surface area contributed by atoms with Gasteiger partial charge in [-0.05, 0) is 72.7 Å². The van der Waals surface area contributed by atoms with Crippen molar-refractivity contribution in [3.05, 3.63) is 23.8 Å². The molecule has 5 nitrogen and oxygen atoms in total. The van der Waals surface area contributed by atoms with Crippen LogP contribution in [0.15, 0.2) is 18.2 Å². The fourth-order valence-corrected chi connectivity index (χ4v) is 3.88. The van der Waals surface area contributed by atoms with E-state index in [1.54, 1.807) is 0 Å². The molecule has 3 rings (SSSR count). The van der Waals surface area contributed by atoms with Gasteiger partial charge in [-0.1, -0.05) is 12.1 Å². The van der Waals surface area contributed by atoms with Crippen molar-refractivity contribution in [2.75, 3.05) is 32.1 Å². The minimum absolute atomic E-state index is 0. The Balaban J connectivity index is 0.00000280. The van der Waals surface area contributed by atoms with E-state index in [-0.39, 0.29) is 42.9 Å². The predicted molar refractivity (Wildman–Crippen MR) is 119 cm³/mol. The number of hydrogen-bond acceptors (Lipinski definition) is 5. The Morgan fingerprint density at radius 1 is 1.04 bits per heavy atom. The van der Waals surface area contributed by atoms with Gasteiger partial charge in [0.15, 0.2) is 0 Å². The van der Waals surface area contributed by atoms with Gasteiger partial charge in [0.1, 0.15) is 0 Å². The number of anilines is 1. The highest BCUT2D eigenvalue weighted by Crippen LogP contribution is 2.37. The van der Waals surface area contributed by atoms with Crippen LogP contribution in [-0.2, 0) is 20.6 Å². The lowest BCUT2D eigenvalue weighted by atomic mass is 9.78. The lowest BCUT2D eigenvalue weighted by Gasteiger charge is -2.38. The number of halogens is 1. The van der Waals surface area contributed by atoms with Gasteiger partial charge in [-0.3, -0.25) is 0 Å². The summed E-state index contributed by atoms with van der Waals surface area (Å²) >= 11 is 0. The van der Waals surface area contributed by atoms with Crippen LogP contribution in [0.1, 0.15) is 47.1 Å². The second-order valence-corrected chi connectivity index (χ2v) is 9.38. The molecule has 0 unspecified atom stereocenters. The Hall–Kier alpha value is -0.785. The highest BCUT2D eigenvalue weighted by molar-refractivity contribution is 6.62. The average molecular weight is 411 g/mol. The van der Waals surface area contributed by atoms with E-state index in [2.05, 4.69) is 83.6 Å². The van der Waals surface area contributed by atoms with Crippen molar-refractivity contribution in [1.29, 1.82) is 0 Å². The molecule has 0 radical (unpaired) electrons. The van der Waals surface area contributed by atoms with Crippen molar-refractivity contribution in [3.63, 3.8) is 0 Å². The summed E-state index contributed by atoms with van der Waals surface area (Å²) < 4.78 is 18.4. The van der Waals surface area contributed by atoms with Crippen LogP contribution >= 0.6 is 12.4 Å². The van der Waals surface area contributed by atoms with Gasteiger partial charge < -0.3 is 23.8 Å². The van der Waals surface area contributed by atoms with Gasteiger partial charge in [0.25, 0.3) is 0 Å². The van der Waals surface area contributed by atoms with Gasteiger partial charge in [0, 0.05) is 25.3 Å². The summed E-state index contributed by atoms with van der Waals surface area (Å²) in [5.41, 5.74) is 3.02. The SMILES string of the molecule is C[C@@H]1CN(c2ccc(B3OC(C)(C)C(C)(C)O3)cc2CN(C)C)C[C@H](C)O1.Cl. The molecule has 158 valence electrons. The van der Waals surface area contributed by atoms with Gasteiger partial charge in [0.05, 0.1) is 23.4 Å². The third-order valence-electron chi connectivity index (χ3n) is 5.88. The maximum atomic E-state index is 6.26. The molecule has 0 N–H and O–H groups in total. The fourth-order valence-electron chi connectivity index (χ4n) is 3.88. The van der Waals surface area contributed by atoms with Gasteiger partial charge >= 0.3 is 7.12 Å². The molecule has 0 saturated carbocycles. The molecule has 2 heterocycles. The van der Waals surface area contributed by atoms with E-state index in [4.69, 9.17) is 14.0 Å². The number of benzene rings is 1. The van der Waals surface area contributed by atoms with E-state index in [1.807, 2.05) is 0 Å². The van der Waals surface area contributed by atoms with E-state index in [9.17, 15) is 0 Å². The van der Waals surface area contributed by atoms with Crippen molar-refractivity contribution in [2.24, 2.45) is 0 Å². The zero-order valence-corrected chi connectivity index (χ0v) is 19.4. The van der Waals surface area contributed by atoms with Gasteiger partial charge in [-0.25, -0.2) is 0 Å². The van der Waals surface area contributed by atoms with Crippen molar-refractivity contribution in [3.8, 4) is 0 Å². The van der Waals surface area contributed by atoms with E-state index < -0.39 is 0 Å². The summed E-state index contributed by atoms with van der Waals surface area (Å²) in [7, 11) is 3.89. The van der Waals surface area contributed by atoms with Crippen molar-refractivity contribution in [1.82, 2.24) is 4.90 Å². The van der Waals surface area contributed by atoms with Crippen molar-refractivity contribution < 1.29 is 14.0 Å². The summed E-state index contributed by atoms with van der Waals surface area (Å²) in [5, 5.41) is 0. The van der Waals surface area contributed by atoms with Gasteiger partial charge in [-0.2, -0.15) is 0 Å². The molecule has 28 heavy (non-hydrogen) atoms. The first-order valence-corrected chi connectivity index (χ1v) is 10.0. The van der Waals surface area contributed by atoms with Gasteiger partial charge in [-0.15, -0.1) is 12.4 Å². The number of hydrogen-bond donors (Lipinski definition) is 0. The van der Waals surface area contributed by atoms with E-state index >= 15 is 0 Å². The lowest BCUT2D eigenvalue weighted by Crippen LogP contribution is -2.46. The topological polar surface area (TPSA) is 34.2 Å². The molecule has 2 fully saturated rings. The number of ether oxygens (including phenoxy) is 1. The summed E-state index contributed by atoms with van der Waals surface area (Å²) in [4.78, 5) is 4.66. The number of nitrogens with zero attached hydrogens (tertiary/aromatic N) is 2. The molecule has 1 aromatic rings. The summed E-state index contributed by atoms with van der Waals surface area (Å²) in [6.45, 7) is 15.4. The Kier molecular flexibility index (Phi) is 7.15. The van der Waals surface area contributed by atoms with Crippen LogP contribution in [0.2, 0.25) is 0 Å². The van der Waals surface area contributed by atoms with E-state index in [1.165, 1.54) is 11.3 Å². The van der Waals surface area contributed by atoms with E-state index in [0.29, 0.717) is 0 Å². The number of morpholine rings is 1. The maximum Gasteiger partial charge on any atom is 0.494 e. The largest absolute Gasteiger partial charge is 0.494 e. The molecule has 2 saturated heterocycles. The molecule has 2 atom stereocenters. The fraction of sp³-hybridized carbons (Fsp3) is 0.714. The minimum atomic E-state index is -0.326. The average Bonchev–Trinajstić information content (AvgIpc) is 2.73. The third kappa shape index (κ3) is 4.85. The Bertz CT molecular complexity index is 658. The minimum Gasteiger partial charge on any atom is -0.399 e. The molecule has 0 aromatic heterocycles. The Morgan fingerprint density at radius 3 is 2.07 bits per heavy atom. The third-order valence-corrected chi connectivity index (χ3v) is 5.88. The smallest absolute Gasteiger partial charge is 0.399 e. The van der Waals surface area contributed by atoms with Crippen LogP contribution in [0.3, 0.4) is 0 Å². The molecule has 2 aliphatic rings. The first kappa shape index (κ1) is 23.5. The molecule has 0 amide bonds. The second kappa shape index (κ2) is 8.53. The molecular weight excluding hydrogens is 375 g/mol. The standard InChI is InChI=1S/C21H35BN2O3.ClH/c1-15-12-24(13-16(2)25-15)19-10-9-18(11-17(19)14-23(7)8)22-26-20(3,4)21(5,6)27-22;/h9-11,15-16H,12-14H2,1-8H3;1H/t15-,16+;. The molecule has 0 aliphatic carbocycles. The summed E-state index contributed by atoms with van der Waals surface area (Å²) in [5.74, 6) is 0. The second-order valence-electron chi connectivity index (χ2n) is 9.38. The first-order chi connectivity index (χ1) is 12.5. The van der Waals surface area contributed by atoms with Crippen LogP contribution in [0, 0.1) is 0 Å². The molecular formula is C21H36BClN2O3. The quantitative estimate of drug-likeness (QED) is 0.713. The molecule has 1 aromatic carbocycles. The van der Waals surface area contributed by atoms with E-state index in [0.717, 1.165) is 25.1 Å². The summed E-state index contributed by atoms with van der Waals surface area (Å²) in [6, 6.07) is 6.63. The molecule has 7 heteroatoms.